The standard InChI is InChI=1S/C23H28N2O4S3/c26-22(17-29-20-9-5-18(6-10-20)23-30-15-16-31-23)24-19-7-11-21(12-8-19)32(27,28)25-13-3-1-2-4-14-25/h5-12,23H,1-4,13-17H2,(H,24,26). The summed E-state index contributed by atoms with van der Waals surface area (Å²) < 4.78 is 33.4. The van der Waals surface area contributed by atoms with Gasteiger partial charge in [0.05, 0.1) is 9.48 Å². The summed E-state index contributed by atoms with van der Waals surface area (Å²) in [5, 5.41) is 2.76. The number of amides is 1. The molecule has 0 atom stereocenters. The first kappa shape index (κ1) is 23.5. The third-order valence-corrected chi connectivity index (χ3v) is 10.5. The molecule has 0 bridgehead atoms. The Bertz CT molecular complexity index is 997. The average Bonchev–Trinajstić information content (AvgIpc) is 3.20. The number of carbonyl (C=O) groups excluding carboxylic acids is 1. The minimum atomic E-state index is -3.49. The van der Waals surface area contributed by atoms with Crippen LogP contribution in [0.3, 0.4) is 0 Å². The number of carbonyl (C=O) groups is 1. The number of thioether (sulfide) groups is 2. The molecule has 6 nitrogen and oxygen atoms in total. The van der Waals surface area contributed by atoms with Crippen LogP contribution in [0.5, 0.6) is 5.75 Å². The zero-order valence-electron chi connectivity index (χ0n) is 17.9. The van der Waals surface area contributed by atoms with Crippen LogP contribution in [0, 0.1) is 0 Å². The van der Waals surface area contributed by atoms with Gasteiger partial charge in [-0.25, -0.2) is 8.42 Å². The number of nitrogens with zero attached hydrogens (tertiary/aromatic N) is 1. The summed E-state index contributed by atoms with van der Waals surface area (Å²) >= 11 is 3.90. The second kappa shape index (κ2) is 11.0. The van der Waals surface area contributed by atoms with E-state index in [0.29, 0.717) is 29.1 Å². The van der Waals surface area contributed by atoms with Gasteiger partial charge in [-0.1, -0.05) is 25.0 Å². The number of anilines is 1. The topological polar surface area (TPSA) is 75.7 Å². The van der Waals surface area contributed by atoms with Crippen LogP contribution in [0.25, 0.3) is 0 Å². The van der Waals surface area contributed by atoms with Gasteiger partial charge in [-0.05, 0) is 54.8 Å². The van der Waals surface area contributed by atoms with Crippen LogP contribution in [-0.4, -0.2) is 49.8 Å². The molecule has 32 heavy (non-hydrogen) atoms. The molecule has 1 amide bonds. The van der Waals surface area contributed by atoms with Crippen molar-refractivity contribution < 1.29 is 17.9 Å². The third kappa shape index (κ3) is 6.01. The van der Waals surface area contributed by atoms with Gasteiger partial charge in [0, 0.05) is 30.3 Å². The second-order valence-corrected chi connectivity index (χ2v) is 12.5. The molecular weight excluding hydrogens is 464 g/mol. The van der Waals surface area contributed by atoms with Gasteiger partial charge >= 0.3 is 0 Å². The van der Waals surface area contributed by atoms with E-state index >= 15 is 0 Å². The van der Waals surface area contributed by atoms with E-state index in [4.69, 9.17) is 4.74 Å². The van der Waals surface area contributed by atoms with Crippen LogP contribution in [0.1, 0.15) is 35.8 Å². The van der Waals surface area contributed by atoms with E-state index in [0.717, 1.165) is 25.7 Å². The quantitative estimate of drug-likeness (QED) is 0.601. The predicted molar refractivity (Wildman–Crippen MR) is 132 cm³/mol. The van der Waals surface area contributed by atoms with E-state index in [-0.39, 0.29) is 17.4 Å². The summed E-state index contributed by atoms with van der Waals surface area (Å²) in [6.07, 6.45) is 3.94. The number of nitrogens with one attached hydrogen (secondary N) is 1. The molecule has 2 saturated heterocycles. The molecule has 2 aromatic carbocycles. The van der Waals surface area contributed by atoms with E-state index in [9.17, 15) is 13.2 Å². The van der Waals surface area contributed by atoms with Crippen molar-refractivity contribution in [1.82, 2.24) is 4.31 Å². The van der Waals surface area contributed by atoms with E-state index < -0.39 is 10.0 Å². The Kier molecular flexibility index (Phi) is 8.04. The Morgan fingerprint density at radius 2 is 1.56 bits per heavy atom. The molecule has 2 aromatic rings. The highest BCUT2D eigenvalue weighted by Gasteiger charge is 2.25. The van der Waals surface area contributed by atoms with Crippen LogP contribution in [0.4, 0.5) is 5.69 Å². The van der Waals surface area contributed by atoms with Gasteiger partial charge in [0.15, 0.2) is 6.61 Å². The fraction of sp³-hybridized carbons (Fsp3) is 0.435. The molecule has 0 radical (unpaired) electrons. The Morgan fingerprint density at radius 1 is 0.938 bits per heavy atom. The lowest BCUT2D eigenvalue weighted by Crippen LogP contribution is -2.31. The molecule has 0 aliphatic carbocycles. The van der Waals surface area contributed by atoms with Gasteiger partial charge < -0.3 is 10.1 Å². The zero-order chi connectivity index (χ0) is 22.4. The van der Waals surface area contributed by atoms with Gasteiger partial charge in [0.25, 0.3) is 5.91 Å². The molecule has 2 fully saturated rings. The summed E-state index contributed by atoms with van der Waals surface area (Å²) in [7, 11) is -3.49. The number of sulfonamides is 1. The van der Waals surface area contributed by atoms with Crippen molar-refractivity contribution in [1.29, 1.82) is 0 Å². The first-order valence-electron chi connectivity index (χ1n) is 10.9. The molecule has 2 heterocycles. The zero-order valence-corrected chi connectivity index (χ0v) is 20.3. The number of rotatable bonds is 7. The third-order valence-electron chi connectivity index (χ3n) is 5.48. The molecule has 0 spiro atoms. The molecule has 172 valence electrons. The molecule has 4 rings (SSSR count). The second-order valence-electron chi connectivity index (χ2n) is 7.82. The average molecular weight is 493 g/mol. The van der Waals surface area contributed by atoms with E-state index in [1.54, 1.807) is 28.6 Å². The number of hydrogen-bond acceptors (Lipinski definition) is 6. The normalized spacial score (nSPS) is 18.2. The lowest BCUT2D eigenvalue weighted by atomic mass is 10.2. The fourth-order valence-electron chi connectivity index (χ4n) is 3.76. The van der Waals surface area contributed by atoms with Crippen LogP contribution in [0.2, 0.25) is 0 Å². The number of ether oxygens (including phenoxy) is 1. The largest absolute Gasteiger partial charge is 0.484 e. The lowest BCUT2D eigenvalue weighted by molar-refractivity contribution is -0.118. The molecule has 1 N–H and O–H groups in total. The van der Waals surface area contributed by atoms with Gasteiger partial charge in [-0.15, -0.1) is 23.5 Å². The lowest BCUT2D eigenvalue weighted by Gasteiger charge is -2.20. The molecule has 0 saturated carbocycles. The molecule has 2 aliphatic rings. The molecule has 9 heteroatoms. The Labute approximate surface area is 198 Å². The van der Waals surface area contributed by atoms with Crippen molar-refractivity contribution in [2.24, 2.45) is 0 Å². The van der Waals surface area contributed by atoms with Gasteiger partial charge in [-0.2, -0.15) is 4.31 Å². The summed E-state index contributed by atoms with van der Waals surface area (Å²) in [4.78, 5) is 12.5. The van der Waals surface area contributed by atoms with Crippen LogP contribution >= 0.6 is 23.5 Å². The van der Waals surface area contributed by atoms with Crippen LogP contribution < -0.4 is 10.1 Å². The Balaban J connectivity index is 1.29. The molecule has 2 aliphatic heterocycles. The summed E-state index contributed by atoms with van der Waals surface area (Å²) in [6, 6.07) is 14.2. The van der Waals surface area contributed by atoms with Crippen molar-refractivity contribution in [2.45, 2.75) is 35.2 Å². The van der Waals surface area contributed by atoms with Crippen LogP contribution in [-0.2, 0) is 14.8 Å². The maximum Gasteiger partial charge on any atom is 0.262 e. The molecule has 0 aromatic heterocycles. The van der Waals surface area contributed by atoms with Crippen molar-refractivity contribution in [3.05, 3.63) is 54.1 Å². The Morgan fingerprint density at radius 3 is 2.19 bits per heavy atom. The maximum atomic E-state index is 12.9. The predicted octanol–water partition coefficient (Wildman–Crippen LogP) is 4.75. The molecule has 0 unspecified atom stereocenters. The summed E-state index contributed by atoms with van der Waals surface area (Å²) in [5.41, 5.74) is 1.81. The van der Waals surface area contributed by atoms with Crippen molar-refractivity contribution in [3.63, 3.8) is 0 Å². The van der Waals surface area contributed by atoms with E-state index in [2.05, 4.69) is 5.32 Å². The monoisotopic (exact) mass is 492 g/mol. The van der Waals surface area contributed by atoms with Gasteiger partial charge in [-0.3, -0.25) is 4.79 Å². The maximum absolute atomic E-state index is 12.9. The van der Waals surface area contributed by atoms with Crippen molar-refractivity contribution >= 4 is 45.1 Å². The smallest absolute Gasteiger partial charge is 0.262 e. The number of hydrogen-bond donors (Lipinski definition) is 1. The minimum absolute atomic E-state index is 0.111. The van der Waals surface area contributed by atoms with Crippen molar-refractivity contribution in [3.8, 4) is 5.75 Å². The van der Waals surface area contributed by atoms with E-state index in [1.165, 1.54) is 17.1 Å². The highest BCUT2D eigenvalue weighted by molar-refractivity contribution is 8.19. The highest BCUT2D eigenvalue weighted by Crippen LogP contribution is 2.45. The molecular formula is C23H28N2O4S3. The van der Waals surface area contributed by atoms with E-state index in [1.807, 2.05) is 47.8 Å². The first-order chi connectivity index (χ1) is 15.5. The number of benzene rings is 2. The fourth-order valence-corrected chi connectivity index (χ4v) is 8.14. The SMILES string of the molecule is O=C(COc1ccc(C2SCCS2)cc1)Nc1ccc(S(=O)(=O)N2CCCCCC2)cc1. The summed E-state index contributed by atoms with van der Waals surface area (Å²) in [5.74, 6) is 2.72. The minimum Gasteiger partial charge on any atom is -0.484 e. The van der Waals surface area contributed by atoms with Gasteiger partial charge in [0.2, 0.25) is 10.0 Å². The Hall–Kier alpha value is -1.68. The van der Waals surface area contributed by atoms with Crippen molar-refractivity contribution in [2.75, 3.05) is 36.5 Å². The highest BCUT2D eigenvalue weighted by atomic mass is 32.2. The van der Waals surface area contributed by atoms with Crippen LogP contribution in [0.15, 0.2) is 53.4 Å². The first-order valence-corrected chi connectivity index (χ1v) is 14.4. The van der Waals surface area contributed by atoms with Gasteiger partial charge in [0.1, 0.15) is 5.75 Å². The summed E-state index contributed by atoms with van der Waals surface area (Å²) in [6.45, 7) is 1.02.